The van der Waals surface area contributed by atoms with E-state index in [1.54, 1.807) is 23.1 Å². The molecule has 1 atom stereocenters. The second kappa shape index (κ2) is 8.26. The fraction of sp³-hybridized carbons (Fsp3) is 0.381. The molecule has 1 unspecified atom stereocenters. The number of nitrogens with zero attached hydrogens (tertiary/aromatic N) is 1. The minimum Gasteiger partial charge on any atom is -0.338 e. The number of hydrogen-bond donors (Lipinski definition) is 1. The minimum absolute atomic E-state index is 0.173. The molecule has 1 heterocycles. The first-order valence-electron chi connectivity index (χ1n) is 8.97. The Labute approximate surface area is 148 Å². The Morgan fingerprint density at radius 1 is 1.12 bits per heavy atom. The number of carbonyl (C=O) groups is 1. The Morgan fingerprint density at radius 3 is 2.44 bits per heavy atom. The van der Waals surface area contributed by atoms with Crippen LogP contribution in [0.1, 0.15) is 41.6 Å². The number of hydrogen-bond acceptors (Lipinski definition) is 2. The molecule has 0 radical (unpaired) electrons. The number of likely N-dealkylation sites (tertiary alicyclic amines) is 1. The van der Waals surface area contributed by atoms with Gasteiger partial charge in [0.1, 0.15) is 5.82 Å². The molecule has 3 rings (SSSR count). The summed E-state index contributed by atoms with van der Waals surface area (Å²) in [5.41, 5.74) is 1.51. The second-order valence-corrected chi connectivity index (χ2v) is 6.77. The lowest BCUT2D eigenvalue weighted by molar-refractivity contribution is 0.0700. The lowest BCUT2D eigenvalue weighted by atomic mass is 9.99. The smallest absolute Gasteiger partial charge is 0.256 e. The SMILES string of the molecule is CC(CNC1CCN(C(=O)c2ccccc2F)CC1)c1ccccc1. The van der Waals surface area contributed by atoms with Crippen LogP contribution in [0.25, 0.3) is 0 Å². The lowest BCUT2D eigenvalue weighted by Crippen LogP contribution is -2.45. The van der Waals surface area contributed by atoms with E-state index in [-0.39, 0.29) is 11.5 Å². The van der Waals surface area contributed by atoms with Gasteiger partial charge >= 0.3 is 0 Å². The van der Waals surface area contributed by atoms with Crippen molar-refractivity contribution >= 4 is 5.91 Å². The van der Waals surface area contributed by atoms with Crippen LogP contribution in [0.3, 0.4) is 0 Å². The van der Waals surface area contributed by atoms with E-state index in [9.17, 15) is 9.18 Å². The van der Waals surface area contributed by atoms with Gasteiger partial charge in [-0.2, -0.15) is 0 Å². The maximum atomic E-state index is 13.8. The second-order valence-electron chi connectivity index (χ2n) is 6.77. The van der Waals surface area contributed by atoms with Gasteiger partial charge in [-0.05, 0) is 36.5 Å². The molecule has 132 valence electrons. The number of carbonyl (C=O) groups excluding carboxylic acids is 1. The number of rotatable bonds is 5. The van der Waals surface area contributed by atoms with E-state index in [4.69, 9.17) is 0 Å². The summed E-state index contributed by atoms with van der Waals surface area (Å²) < 4.78 is 13.8. The van der Waals surface area contributed by atoms with Crippen LogP contribution < -0.4 is 5.32 Å². The Bertz CT molecular complexity index is 696. The molecule has 2 aromatic rings. The first-order chi connectivity index (χ1) is 12.1. The molecule has 1 aliphatic rings. The van der Waals surface area contributed by atoms with Gasteiger partial charge in [-0.25, -0.2) is 4.39 Å². The van der Waals surface area contributed by atoms with Crippen LogP contribution in [0.15, 0.2) is 54.6 Å². The fourth-order valence-corrected chi connectivity index (χ4v) is 3.33. The van der Waals surface area contributed by atoms with Gasteiger partial charge in [-0.15, -0.1) is 0 Å². The highest BCUT2D eigenvalue weighted by molar-refractivity contribution is 5.94. The molecule has 2 aromatic carbocycles. The highest BCUT2D eigenvalue weighted by Crippen LogP contribution is 2.18. The summed E-state index contributed by atoms with van der Waals surface area (Å²) in [6.07, 6.45) is 1.81. The van der Waals surface area contributed by atoms with Crippen molar-refractivity contribution in [3.05, 3.63) is 71.5 Å². The summed E-state index contributed by atoms with van der Waals surface area (Å²) >= 11 is 0. The van der Waals surface area contributed by atoms with Crippen molar-refractivity contribution in [2.45, 2.75) is 31.7 Å². The molecule has 25 heavy (non-hydrogen) atoms. The van der Waals surface area contributed by atoms with Crippen molar-refractivity contribution in [1.82, 2.24) is 10.2 Å². The third-order valence-corrected chi connectivity index (χ3v) is 4.97. The normalized spacial score (nSPS) is 16.6. The summed E-state index contributed by atoms with van der Waals surface area (Å²) in [6.45, 7) is 4.49. The Morgan fingerprint density at radius 2 is 1.76 bits per heavy atom. The van der Waals surface area contributed by atoms with E-state index < -0.39 is 5.82 Å². The maximum absolute atomic E-state index is 13.8. The minimum atomic E-state index is -0.440. The van der Waals surface area contributed by atoms with E-state index in [0.717, 1.165) is 19.4 Å². The van der Waals surface area contributed by atoms with Gasteiger partial charge in [0.25, 0.3) is 5.91 Å². The summed E-state index contributed by atoms with van der Waals surface area (Å²) in [4.78, 5) is 14.2. The van der Waals surface area contributed by atoms with Crippen molar-refractivity contribution in [1.29, 1.82) is 0 Å². The first kappa shape index (κ1) is 17.6. The summed E-state index contributed by atoms with van der Waals surface area (Å²) in [5.74, 6) is -0.182. The molecule has 1 fully saturated rings. The molecule has 4 heteroatoms. The number of amides is 1. The predicted molar refractivity (Wildman–Crippen MR) is 98.2 cm³/mol. The molecule has 0 spiro atoms. The highest BCUT2D eigenvalue weighted by atomic mass is 19.1. The number of benzene rings is 2. The molecular formula is C21H25FN2O. The summed E-state index contributed by atoms with van der Waals surface area (Å²) in [6, 6.07) is 17.1. The van der Waals surface area contributed by atoms with E-state index >= 15 is 0 Å². The molecule has 1 N–H and O–H groups in total. The van der Waals surface area contributed by atoms with E-state index in [2.05, 4.69) is 36.5 Å². The van der Waals surface area contributed by atoms with E-state index in [0.29, 0.717) is 25.0 Å². The number of nitrogens with one attached hydrogen (secondary N) is 1. The average molecular weight is 340 g/mol. The Kier molecular flexibility index (Phi) is 5.82. The topological polar surface area (TPSA) is 32.3 Å². The molecule has 0 aromatic heterocycles. The van der Waals surface area contributed by atoms with Gasteiger partial charge < -0.3 is 10.2 Å². The van der Waals surface area contributed by atoms with Crippen molar-refractivity contribution in [2.75, 3.05) is 19.6 Å². The van der Waals surface area contributed by atoms with E-state index in [1.807, 2.05) is 6.07 Å². The van der Waals surface area contributed by atoms with Crippen molar-refractivity contribution in [3.8, 4) is 0 Å². The third-order valence-electron chi connectivity index (χ3n) is 4.97. The quantitative estimate of drug-likeness (QED) is 0.897. The Balaban J connectivity index is 1.47. The molecule has 0 bridgehead atoms. The first-order valence-corrected chi connectivity index (χ1v) is 8.97. The van der Waals surface area contributed by atoms with Crippen LogP contribution in [-0.2, 0) is 0 Å². The van der Waals surface area contributed by atoms with Crippen LogP contribution in [-0.4, -0.2) is 36.5 Å². The average Bonchev–Trinajstić information content (AvgIpc) is 2.67. The monoisotopic (exact) mass is 340 g/mol. The summed E-state index contributed by atoms with van der Waals surface area (Å²) in [5, 5.41) is 3.62. The van der Waals surface area contributed by atoms with Crippen LogP contribution >= 0.6 is 0 Å². The van der Waals surface area contributed by atoms with Gasteiger partial charge in [0.15, 0.2) is 0 Å². The van der Waals surface area contributed by atoms with Gasteiger partial charge in [-0.3, -0.25) is 4.79 Å². The van der Waals surface area contributed by atoms with Crippen molar-refractivity contribution < 1.29 is 9.18 Å². The van der Waals surface area contributed by atoms with Gasteiger partial charge in [0.2, 0.25) is 0 Å². The van der Waals surface area contributed by atoms with Crippen LogP contribution in [0.4, 0.5) is 4.39 Å². The highest BCUT2D eigenvalue weighted by Gasteiger charge is 2.25. The number of halogens is 1. The van der Waals surface area contributed by atoms with Crippen LogP contribution in [0, 0.1) is 5.82 Å². The molecule has 0 aliphatic carbocycles. The fourth-order valence-electron chi connectivity index (χ4n) is 3.33. The van der Waals surface area contributed by atoms with Crippen LogP contribution in [0.5, 0.6) is 0 Å². The van der Waals surface area contributed by atoms with Gasteiger partial charge in [0.05, 0.1) is 5.56 Å². The van der Waals surface area contributed by atoms with E-state index in [1.165, 1.54) is 11.6 Å². The summed E-state index contributed by atoms with van der Waals surface area (Å²) in [7, 11) is 0. The standard InChI is InChI=1S/C21H25FN2O/c1-16(17-7-3-2-4-8-17)15-23-18-11-13-24(14-12-18)21(25)19-9-5-6-10-20(19)22/h2-10,16,18,23H,11-15H2,1H3. The molecule has 1 aliphatic heterocycles. The van der Waals surface area contributed by atoms with Gasteiger partial charge in [0, 0.05) is 25.7 Å². The predicted octanol–water partition coefficient (Wildman–Crippen LogP) is 3.82. The van der Waals surface area contributed by atoms with Crippen molar-refractivity contribution in [2.24, 2.45) is 0 Å². The largest absolute Gasteiger partial charge is 0.338 e. The zero-order chi connectivity index (χ0) is 17.6. The van der Waals surface area contributed by atoms with Crippen molar-refractivity contribution in [3.63, 3.8) is 0 Å². The molecule has 3 nitrogen and oxygen atoms in total. The molecular weight excluding hydrogens is 315 g/mol. The number of piperidine rings is 1. The maximum Gasteiger partial charge on any atom is 0.256 e. The zero-order valence-corrected chi connectivity index (χ0v) is 14.6. The molecule has 0 saturated carbocycles. The molecule has 1 saturated heterocycles. The third kappa shape index (κ3) is 4.45. The van der Waals surface area contributed by atoms with Crippen LogP contribution in [0.2, 0.25) is 0 Å². The van der Waals surface area contributed by atoms with Gasteiger partial charge in [-0.1, -0.05) is 49.4 Å². The Hall–Kier alpha value is -2.20. The molecule has 1 amide bonds. The lowest BCUT2D eigenvalue weighted by Gasteiger charge is -2.33. The zero-order valence-electron chi connectivity index (χ0n) is 14.6.